The summed E-state index contributed by atoms with van der Waals surface area (Å²) in [6.45, 7) is 0.618. The second-order valence-corrected chi connectivity index (χ2v) is 4.19. The summed E-state index contributed by atoms with van der Waals surface area (Å²) >= 11 is 0. The molecule has 2 fully saturated rings. The Bertz CT molecular complexity index is 324. The van der Waals surface area contributed by atoms with Gasteiger partial charge in [-0.05, 0) is 13.0 Å². The summed E-state index contributed by atoms with van der Waals surface area (Å²) < 4.78 is 30.3. The van der Waals surface area contributed by atoms with Gasteiger partial charge in [0, 0.05) is 0 Å². The van der Waals surface area contributed by atoms with Crippen LogP contribution in [0.3, 0.4) is 0 Å². The predicted molar refractivity (Wildman–Crippen MR) is 38.6 cm³/mol. The van der Waals surface area contributed by atoms with E-state index < -0.39 is 22.3 Å². The Balaban J connectivity index is 2.26. The first-order valence-electron chi connectivity index (χ1n) is 3.56. The van der Waals surface area contributed by atoms with Gasteiger partial charge in [-0.25, -0.2) is 4.31 Å². The van der Waals surface area contributed by atoms with E-state index in [2.05, 4.69) is 5.32 Å². The number of carbonyl (C=O) groups is 1. The second-order valence-electron chi connectivity index (χ2n) is 2.90. The van der Waals surface area contributed by atoms with Crippen LogP contribution in [-0.2, 0) is 15.1 Å². The standard InChI is InChI=1S/C5H8N2O4S/c8-5-4-3(1-2-6-4)7(5)12(9,10)11/h3-4,6H,1-2H2,(H,9,10,11)/t3?,4-/m0/s1. The number of hydrogen-bond acceptors (Lipinski definition) is 4. The minimum Gasteiger partial charge on any atom is -0.304 e. The molecule has 6 nitrogen and oxygen atoms in total. The SMILES string of the molecule is O=C1[C@H]2NCCC2N1S(=O)(=O)O. The van der Waals surface area contributed by atoms with Crippen molar-refractivity contribution in [1.29, 1.82) is 0 Å². The van der Waals surface area contributed by atoms with Crippen molar-refractivity contribution >= 4 is 16.2 Å². The van der Waals surface area contributed by atoms with E-state index in [0.717, 1.165) is 0 Å². The number of nitrogens with zero attached hydrogens (tertiary/aromatic N) is 1. The van der Waals surface area contributed by atoms with Crippen molar-refractivity contribution in [3.63, 3.8) is 0 Å². The Kier molecular flexibility index (Phi) is 1.45. The van der Waals surface area contributed by atoms with Crippen molar-refractivity contribution in [3.8, 4) is 0 Å². The minimum absolute atomic E-state index is 0.368. The summed E-state index contributed by atoms with van der Waals surface area (Å²) in [5.41, 5.74) is 0. The normalized spacial score (nSPS) is 34.8. The van der Waals surface area contributed by atoms with Crippen LogP contribution >= 0.6 is 0 Å². The van der Waals surface area contributed by atoms with Crippen LogP contribution in [0.1, 0.15) is 6.42 Å². The third-order valence-electron chi connectivity index (χ3n) is 2.22. The van der Waals surface area contributed by atoms with Crippen LogP contribution in [0.2, 0.25) is 0 Å². The molecule has 1 amide bonds. The molecule has 2 atom stereocenters. The third-order valence-corrected chi connectivity index (χ3v) is 3.17. The predicted octanol–water partition coefficient (Wildman–Crippen LogP) is -1.64. The molecule has 2 heterocycles. The number of carbonyl (C=O) groups excluding carboxylic acids is 1. The first kappa shape index (κ1) is 7.96. The average molecular weight is 192 g/mol. The molecule has 0 radical (unpaired) electrons. The molecule has 2 saturated heterocycles. The van der Waals surface area contributed by atoms with Gasteiger partial charge in [-0.2, -0.15) is 8.42 Å². The Morgan fingerprint density at radius 3 is 2.83 bits per heavy atom. The maximum absolute atomic E-state index is 11.0. The molecular weight excluding hydrogens is 184 g/mol. The topological polar surface area (TPSA) is 86.7 Å². The highest BCUT2D eigenvalue weighted by Crippen LogP contribution is 2.29. The van der Waals surface area contributed by atoms with Gasteiger partial charge in [-0.1, -0.05) is 0 Å². The van der Waals surface area contributed by atoms with Gasteiger partial charge in [-0.3, -0.25) is 9.35 Å². The van der Waals surface area contributed by atoms with Crippen molar-refractivity contribution in [2.45, 2.75) is 18.5 Å². The quantitative estimate of drug-likeness (QED) is 0.384. The van der Waals surface area contributed by atoms with Gasteiger partial charge in [0.25, 0.3) is 5.91 Å². The zero-order chi connectivity index (χ0) is 8.93. The number of amides is 1. The number of rotatable bonds is 1. The summed E-state index contributed by atoms with van der Waals surface area (Å²) in [5, 5.41) is 2.84. The molecular formula is C5H8N2O4S. The lowest BCUT2D eigenvalue weighted by molar-refractivity contribution is -0.140. The summed E-state index contributed by atoms with van der Waals surface area (Å²) in [6, 6.07) is -0.764. The molecule has 2 rings (SSSR count). The highest BCUT2D eigenvalue weighted by Gasteiger charge is 2.55. The van der Waals surface area contributed by atoms with Crippen molar-refractivity contribution < 1.29 is 17.8 Å². The molecule has 2 N–H and O–H groups in total. The molecule has 0 spiro atoms. The Labute approximate surface area is 69.4 Å². The first-order valence-corrected chi connectivity index (χ1v) is 4.95. The van der Waals surface area contributed by atoms with Crippen LogP contribution in [0.5, 0.6) is 0 Å². The van der Waals surface area contributed by atoms with Crippen LogP contribution < -0.4 is 5.32 Å². The lowest BCUT2D eigenvalue weighted by atomic mass is 10.0. The Hall–Kier alpha value is -0.660. The maximum atomic E-state index is 11.0. The van der Waals surface area contributed by atoms with E-state index in [9.17, 15) is 13.2 Å². The van der Waals surface area contributed by atoms with Crippen LogP contribution in [0.15, 0.2) is 0 Å². The van der Waals surface area contributed by atoms with Gasteiger partial charge in [0.15, 0.2) is 0 Å². The largest absolute Gasteiger partial charge is 0.362 e. The molecule has 0 aromatic heterocycles. The monoisotopic (exact) mass is 192 g/mol. The number of nitrogens with one attached hydrogen (secondary N) is 1. The van der Waals surface area contributed by atoms with Gasteiger partial charge in [-0.15, -0.1) is 0 Å². The van der Waals surface area contributed by atoms with E-state index in [1.54, 1.807) is 0 Å². The molecule has 0 aromatic carbocycles. The molecule has 1 unspecified atom stereocenters. The number of hydrogen-bond donors (Lipinski definition) is 2. The zero-order valence-corrected chi connectivity index (χ0v) is 6.91. The average Bonchev–Trinajstić information content (AvgIpc) is 2.27. The maximum Gasteiger partial charge on any atom is 0.362 e. The van der Waals surface area contributed by atoms with Crippen LogP contribution in [0.25, 0.3) is 0 Å². The number of β-lactam (4-membered cyclic amide) rings is 1. The molecule has 2 aliphatic heterocycles. The molecule has 0 aromatic rings. The van der Waals surface area contributed by atoms with Gasteiger partial charge in [0.05, 0.1) is 6.04 Å². The van der Waals surface area contributed by atoms with E-state index in [4.69, 9.17) is 4.55 Å². The summed E-state index contributed by atoms with van der Waals surface area (Å²) in [7, 11) is -4.33. The van der Waals surface area contributed by atoms with E-state index in [1.807, 2.05) is 0 Å². The van der Waals surface area contributed by atoms with E-state index in [0.29, 0.717) is 17.3 Å². The molecule has 0 saturated carbocycles. The molecule has 0 aliphatic carbocycles. The first-order chi connectivity index (χ1) is 5.52. The van der Waals surface area contributed by atoms with Crippen LogP contribution in [0, 0.1) is 0 Å². The van der Waals surface area contributed by atoms with Crippen LogP contribution in [-0.4, -0.2) is 41.8 Å². The van der Waals surface area contributed by atoms with Gasteiger partial charge < -0.3 is 5.32 Å². The van der Waals surface area contributed by atoms with Crippen molar-refractivity contribution in [2.75, 3.05) is 6.54 Å². The minimum atomic E-state index is -4.33. The second kappa shape index (κ2) is 2.18. The summed E-state index contributed by atoms with van der Waals surface area (Å²) in [6.07, 6.45) is 0.580. The highest BCUT2D eigenvalue weighted by molar-refractivity contribution is 7.84. The van der Waals surface area contributed by atoms with E-state index in [-0.39, 0.29) is 6.04 Å². The smallest absolute Gasteiger partial charge is 0.304 e. The van der Waals surface area contributed by atoms with Gasteiger partial charge in [0.1, 0.15) is 6.04 Å². The van der Waals surface area contributed by atoms with Crippen molar-refractivity contribution in [3.05, 3.63) is 0 Å². The van der Waals surface area contributed by atoms with Crippen LogP contribution in [0.4, 0.5) is 0 Å². The summed E-state index contributed by atoms with van der Waals surface area (Å²) in [4.78, 5) is 11.0. The fourth-order valence-electron chi connectivity index (χ4n) is 1.70. The molecule has 12 heavy (non-hydrogen) atoms. The van der Waals surface area contributed by atoms with E-state index >= 15 is 0 Å². The lowest BCUT2D eigenvalue weighted by Gasteiger charge is -2.39. The molecule has 68 valence electrons. The van der Waals surface area contributed by atoms with Crippen molar-refractivity contribution in [1.82, 2.24) is 9.62 Å². The number of fused-ring (bicyclic) bond motifs is 1. The fraction of sp³-hybridized carbons (Fsp3) is 0.800. The van der Waals surface area contributed by atoms with Gasteiger partial charge in [0.2, 0.25) is 0 Å². The zero-order valence-electron chi connectivity index (χ0n) is 6.10. The third kappa shape index (κ3) is 0.869. The fourth-order valence-corrected chi connectivity index (χ4v) is 2.61. The lowest BCUT2D eigenvalue weighted by Crippen LogP contribution is -2.67. The highest BCUT2D eigenvalue weighted by atomic mass is 32.2. The molecule has 7 heteroatoms. The van der Waals surface area contributed by atoms with Gasteiger partial charge >= 0.3 is 10.3 Å². The summed E-state index contributed by atoms with van der Waals surface area (Å²) in [5.74, 6) is -0.556. The Morgan fingerprint density at radius 2 is 2.25 bits per heavy atom. The molecule has 2 aliphatic rings. The van der Waals surface area contributed by atoms with E-state index in [1.165, 1.54) is 0 Å². The van der Waals surface area contributed by atoms with Crippen molar-refractivity contribution in [2.24, 2.45) is 0 Å². The Morgan fingerprint density at radius 1 is 1.58 bits per heavy atom. The molecule has 0 bridgehead atoms.